The molecular formula is C23H24O2. The maximum atomic E-state index is 13.0. The van der Waals surface area contributed by atoms with Crippen LogP contribution in [-0.2, 0) is 5.41 Å². The van der Waals surface area contributed by atoms with Gasteiger partial charge in [0.25, 0.3) is 0 Å². The van der Waals surface area contributed by atoms with Crippen LogP contribution < -0.4 is 0 Å². The Bertz CT molecular complexity index is 877. The van der Waals surface area contributed by atoms with Gasteiger partial charge in [0.05, 0.1) is 0 Å². The fourth-order valence-corrected chi connectivity index (χ4v) is 3.48. The lowest BCUT2D eigenvalue weighted by molar-refractivity contribution is 0.0970. The van der Waals surface area contributed by atoms with Gasteiger partial charge in [-0.15, -0.1) is 0 Å². The number of fused-ring (bicyclic) bond motifs is 1. The quantitative estimate of drug-likeness (QED) is 0.729. The summed E-state index contributed by atoms with van der Waals surface area (Å²) in [6.45, 7) is 10.3. The lowest BCUT2D eigenvalue weighted by Crippen LogP contribution is -2.23. The van der Waals surface area contributed by atoms with Gasteiger partial charge in [-0.2, -0.15) is 0 Å². The van der Waals surface area contributed by atoms with Gasteiger partial charge < -0.3 is 0 Å². The highest BCUT2D eigenvalue weighted by Gasteiger charge is 2.32. The van der Waals surface area contributed by atoms with E-state index in [1.165, 1.54) is 5.56 Å². The number of hydrogen-bond acceptors (Lipinski definition) is 2. The molecule has 1 aliphatic carbocycles. The molecule has 0 spiro atoms. The smallest absolute Gasteiger partial charge is 0.190 e. The van der Waals surface area contributed by atoms with Crippen molar-refractivity contribution in [3.8, 4) is 0 Å². The van der Waals surface area contributed by atoms with Crippen molar-refractivity contribution in [1.82, 2.24) is 0 Å². The van der Waals surface area contributed by atoms with Crippen LogP contribution in [0.4, 0.5) is 0 Å². The highest BCUT2D eigenvalue weighted by molar-refractivity contribution is 6.27. The Kier molecular flexibility index (Phi) is 4.24. The monoisotopic (exact) mass is 332 g/mol. The van der Waals surface area contributed by atoms with Crippen LogP contribution in [0.15, 0.2) is 59.7 Å². The molecular weight excluding hydrogens is 308 g/mol. The number of rotatable bonds is 2. The van der Waals surface area contributed by atoms with E-state index >= 15 is 0 Å². The van der Waals surface area contributed by atoms with Gasteiger partial charge in [0.1, 0.15) is 0 Å². The van der Waals surface area contributed by atoms with Crippen molar-refractivity contribution < 1.29 is 9.59 Å². The molecule has 0 saturated heterocycles. The third-order valence-corrected chi connectivity index (χ3v) is 5.12. The Balaban J connectivity index is 2.02. The Hall–Kier alpha value is -2.48. The first kappa shape index (κ1) is 17.3. The Morgan fingerprint density at radius 1 is 0.800 bits per heavy atom. The van der Waals surface area contributed by atoms with Crippen LogP contribution in [0, 0.1) is 0 Å². The second-order valence-electron chi connectivity index (χ2n) is 7.84. The van der Waals surface area contributed by atoms with E-state index in [0.717, 1.165) is 5.56 Å². The zero-order valence-electron chi connectivity index (χ0n) is 15.5. The van der Waals surface area contributed by atoms with Crippen molar-refractivity contribution in [3.05, 3.63) is 81.9 Å². The molecule has 25 heavy (non-hydrogen) atoms. The van der Waals surface area contributed by atoms with E-state index in [-0.39, 0.29) is 22.9 Å². The van der Waals surface area contributed by atoms with Crippen LogP contribution in [-0.4, -0.2) is 11.6 Å². The van der Waals surface area contributed by atoms with E-state index in [4.69, 9.17) is 0 Å². The van der Waals surface area contributed by atoms with Gasteiger partial charge in [0, 0.05) is 28.2 Å². The van der Waals surface area contributed by atoms with Gasteiger partial charge in [0.2, 0.25) is 0 Å². The minimum Gasteiger partial charge on any atom is -0.289 e. The Morgan fingerprint density at radius 2 is 1.32 bits per heavy atom. The van der Waals surface area contributed by atoms with Crippen LogP contribution >= 0.6 is 0 Å². The van der Waals surface area contributed by atoms with Gasteiger partial charge in [0.15, 0.2) is 11.6 Å². The molecule has 0 aromatic heterocycles. The van der Waals surface area contributed by atoms with Crippen LogP contribution in [0.3, 0.4) is 0 Å². The molecule has 2 nitrogen and oxygen atoms in total. The summed E-state index contributed by atoms with van der Waals surface area (Å²) >= 11 is 0. The van der Waals surface area contributed by atoms with Gasteiger partial charge in [-0.25, -0.2) is 0 Å². The fourth-order valence-electron chi connectivity index (χ4n) is 3.48. The highest BCUT2D eigenvalue weighted by Crippen LogP contribution is 2.35. The van der Waals surface area contributed by atoms with Crippen molar-refractivity contribution in [2.24, 2.45) is 0 Å². The van der Waals surface area contributed by atoms with Crippen molar-refractivity contribution in [2.45, 2.75) is 46.0 Å². The molecule has 0 amide bonds. The summed E-state index contributed by atoms with van der Waals surface area (Å²) in [5.74, 6) is -0.178. The third kappa shape index (κ3) is 2.97. The molecule has 2 aromatic rings. The summed E-state index contributed by atoms with van der Waals surface area (Å²) in [5.41, 5.74) is 4.62. The van der Waals surface area contributed by atoms with E-state index in [0.29, 0.717) is 22.3 Å². The molecule has 2 heteroatoms. The first-order valence-corrected chi connectivity index (χ1v) is 8.71. The predicted molar refractivity (Wildman–Crippen MR) is 101 cm³/mol. The zero-order chi connectivity index (χ0) is 18.4. The number of allylic oxidation sites excluding steroid dienone is 2. The Labute approximate surface area is 149 Å². The summed E-state index contributed by atoms with van der Waals surface area (Å²) < 4.78 is 0. The zero-order valence-corrected chi connectivity index (χ0v) is 15.5. The molecule has 0 aliphatic heterocycles. The molecule has 0 N–H and O–H groups in total. The molecule has 1 unspecified atom stereocenters. The third-order valence-electron chi connectivity index (χ3n) is 5.12. The highest BCUT2D eigenvalue weighted by atomic mass is 16.1. The van der Waals surface area contributed by atoms with Crippen LogP contribution in [0.25, 0.3) is 0 Å². The molecule has 128 valence electrons. The second kappa shape index (κ2) is 6.11. The first-order chi connectivity index (χ1) is 11.7. The molecule has 0 radical (unpaired) electrons. The van der Waals surface area contributed by atoms with Crippen molar-refractivity contribution in [2.75, 3.05) is 0 Å². The minimum absolute atomic E-state index is 0.0277. The maximum Gasteiger partial charge on any atom is 0.190 e. The van der Waals surface area contributed by atoms with E-state index in [9.17, 15) is 9.59 Å². The van der Waals surface area contributed by atoms with Gasteiger partial charge in [-0.1, -0.05) is 76.2 Å². The van der Waals surface area contributed by atoms with Gasteiger partial charge >= 0.3 is 0 Å². The van der Waals surface area contributed by atoms with E-state index in [2.05, 4.69) is 45.0 Å². The number of benzene rings is 2. The topological polar surface area (TPSA) is 34.1 Å². The van der Waals surface area contributed by atoms with Crippen LogP contribution in [0.5, 0.6) is 0 Å². The molecule has 3 rings (SSSR count). The summed E-state index contributed by atoms with van der Waals surface area (Å²) in [4.78, 5) is 25.7. The average molecular weight is 332 g/mol. The lowest BCUT2D eigenvalue weighted by Gasteiger charge is -2.25. The fraction of sp³-hybridized carbons (Fsp3) is 0.304. The number of carbonyl (C=O) groups is 2. The number of hydrogen-bond donors (Lipinski definition) is 0. The summed E-state index contributed by atoms with van der Waals surface area (Å²) in [7, 11) is 0. The maximum absolute atomic E-state index is 13.0. The summed E-state index contributed by atoms with van der Waals surface area (Å²) in [5, 5.41) is 0. The number of ketones is 2. The minimum atomic E-state index is -0.112. The first-order valence-electron chi connectivity index (χ1n) is 8.71. The molecule has 0 heterocycles. The second-order valence-corrected chi connectivity index (χ2v) is 7.84. The largest absolute Gasteiger partial charge is 0.289 e. The SMILES string of the molecule is CC1=C(C(C)c2ccc(C(C)(C)C)cc2)C(=O)c2ccccc2C1=O. The molecule has 2 aromatic carbocycles. The molecule has 1 aliphatic rings. The number of Topliss-reactive ketones (excluding diaryl/α,β-unsaturated/α-hetero) is 2. The summed E-state index contributed by atoms with van der Waals surface area (Å²) in [6.07, 6.45) is 0. The molecule has 0 bridgehead atoms. The van der Waals surface area contributed by atoms with Crippen molar-refractivity contribution >= 4 is 11.6 Å². The normalized spacial score (nSPS) is 16.0. The van der Waals surface area contributed by atoms with Crippen LogP contribution in [0.1, 0.15) is 72.4 Å². The molecule has 0 saturated carbocycles. The van der Waals surface area contributed by atoms with E-state index < -0.39 is 0 Å². The average Bonchev–Trinajstić information content (AvgIpc) is 2.59. The summed E-state index contributed by atoms with van der Waals surface area (Å²) in [6, 6.07) is 15.5. The number of carbonyl (C=O) groups excluding carboxylic acids is 2. The van der Waals surface area contributed by atoms with E-state index in [1.807, 2.05) is 13.0 Å². The standard InChI is InChI=1S/C23H24O2/c1-14(16-10-12-17(13-11-16)23(3,4)5)20-15(2)21(24)18-8-6-7-9-19(18)22(20)25/h6-14H,1-5H3. The van der Waals surface area contributed by atoms with Crippen molar-refractivity contribution in [3.63, 3.8) is 0 Å². The molecule has 0 fully saturated rings. The van der Waals surface area contributed by atoms with Gasteiger partial charge in [-0.3, -0.25) is 9.59 Å². The van der Waals surface area contributed by atoms with Gasteiger partial charge in [-0.05, 0) is 23.5 Å². The lowest BCUT2D eigenvalue weighted by atomic mass is 9.77. The van der Waals surface area contributed by atoms with Crippen molar-refractivity contribution in [1.29, 1.82) is 0 Å². The molecule has 1 atom stereocenters. The van der Waals surface area contributed by atoms with Crippen LogP contribution in [0.2, 0.25) is 0 Å². The van der Waals surface area contributed by atoms with E-state index in [1.54, 1.807) is 25.1 Å². The Morgan fingerprint density at radius 3 is 1.84 bits per heavy atom. The predicted octanol–water partition coefficient (Wildman–Crippen LogP) is 5.48.